The van der Waals surface area contributed by atoms with Crippen molar-refractivity contribution in [2.75, 3.05) is 20.2 Å². The molecule has 1 saturated carbocycles. The third kappa shape index (κ3) is 6.17. The number of benzene rings is 1. The van der Waals surface area contributed by atoms with Crippen molar-refractivity contribution < 1.29 is 9.53 Å². The van der Waals surface area contributed by atoms with Crippen molar-refractivity contribution in [2.24, 2.45) is 5.92 Å². The summed E-state index contributed by atoms with van der Waals surface area (Å²) in [4.78, 5) is 11.6. The van der Waals surface area contributed by atoms with Gasteiger partial charge in [-0.25, -0.2) is 0 Å². The van der Waals surface area contributed by atoms with Crippen LogP contribution in [0.15, 0.2) is 24.3 Å². The van der Waals surface area contributed by atoms with Gasteiger partial charge in [-0.2, -0.15) is 0 Å². The van der Waals surface area contributed by atoms with Crippen molar-refractivity contribution in [3.05, 3.63) is 29.8 Å². The number of aryl methyl sites for hydroxylation is 1. The van der Waals surface area contributed by atoms with Gasteiger partial charge in [0, 0.05) is 12.6 Å². The molecule has 0 aliphatic heterocycles. The molecule has 1 fully saturated rings. The molecule has 0 spiro atoms. The zero-order chi connectivity index (χ0) is 15.1. The van der Waals surface area contributed by atoms with Crippen molar-refractivity contribution >= 4 is 5.91 Å². The highest BCUT2D eigenvalue weighted by Crippen LogP contribution is 2.27. The summed E-state index contributed by atoms with van der Waals surface area (Å²) in [5.41, 5.74) is 1.29. The lowest BCUT2D eigenvalue weighted by atomic mass is 10.1. The number of rotatable bonds is 9. The zero-order valence-electron chi connectivity index (χ0n) is 13.0. The van der Waals surface area contributed by atoms with Crippen LogP contribution in [-0.4, -0.2) is 32.1 Å². The topological polar surface area (TPSA) is 50.4 Å². The van der Waals surface area contributed by atoms with Gasteiger partial charge in [-0.15, -0.1) is 0 Å². The number of amides is 1. The number of carbonyl (C=O) groups is 1. The summed E-state index contributed by atoms with van der Waals surface area (Å²) in [6.07, 6.45) is 4.65. The van der Waals surface area contributed by atoms with E-state index in [1.165, 1.54) is 18.4 Å². The molecule has 4 heteroatoms. The maximum absolute atomic E-state index is 11.6. The quantitative estimate of drug-likeness (QED) is 0.732. The Morgan fingerprint density at radius 3 is 2.67 bits per heavy atom. The molecule has 2 rings (SSSR count). The van der Waals surface area contributed by atoms with Crippen LogP contribution in [0.1, 0.15) is 31.7 Å². The van der Waals surface area contributed by atoms with Gasteiger partial charge in [-0.3, -0.25) is 4.79 Å². The highest BCUT2D eigenvalue weighted by molar-refractivity contribution is 5.77. The summed E-state index contributed by atoms with van der Waals surface area (Å²) in [6.45, 7) is 3.07. The van der Waals surface area contributed by atoms with Crippen LogP contribution < -0.4 is 15.4 Å². The van der Waals surface area contributed by atoms with Crippen LogP contribution in [0, 0.1) is 5.92 Å². The first-order valence-electron chi connectivity index (χ1n) is 7.83. The fourth-order valence-electron chi connectivity index (χ4n) is 2.06. The van der Waals surface area contributed by atoms with Crippen molar-refractivity contribution in [1.29, 1.82) is 0 Å². The van der Waals surface area contributed by atoms with E-state index < -0.39 is 0 Å². The van der Waals surface area contributed by atoms with E-state index >= 15 is 0 Å². The standard InChI is InChI=1S/C17H26N2O2/c1-13(18-2)3-4-14-7-9-16(10-8-14)21-12-17(20)19-11-15-5-6-15/h7-10,13,15,18H,3-6,11-12H2,1-2H3,(H,19,20). The third-order valence-corrected chi connectivity index (χ3v) is 3.94. The molecular formula is C17H26N2O2. The van der Waals surface area contributed by atoms with Gasteiger partial charge in [0.1, 0.15) is 5.75 Å². The van der Waals surface area contributed by atoms with Gasteiger partial charge in [0.2, 0.25) is 0 Å². The molecule has 1 aromatic carbocycles. The van der Waals surface area contributed by atoms with Gasteiger partial charge in [-0.05, 0) is 63.3 Å². The van der Waals surface area contributed by atoms with Gasteiger partial charge < -0.3 is 15.4 Å². The Hall–Kier alpha value is -1.55. The second-order valence-corrected chi connectivity index (χ2v) is 5.91. The molecule has 0 saturated heterocycles. The van der Waals surface area contributed by atoms with E-state index in [1.54, 1.807) is 0 Å². The van der Waals surface area contributed by atoms with E-state index in [4.69, 9.17) is 4.74 Å². The normalized spacial score (nSPS) is 15.5. The molecule has 1 amide bonds. The number of nitrogens with one attached hydrogen (secondary N) is 2. The van der Waals surface area contributed by atoms with Crippen LogP contribution in [0.4, 0.5) is 0 Å². The SMILES string of the molecule is CNC(C)CCc1ccc(OCC(=O)NCC2CC2)cc1. The van der Waals surface area contributed by atoms with Crippen molar-refractivity contribution in [3.8, 4) is 5.75 Å². The minimum Gasteiger partial charge on any atom is -0.484 e. The lowest BCUT2D eigenvalue weighted by Crippen LogP contribution is -2.30. The van der Waals surface area contributed by atoms with E-state index in [9.17, 15) is 4.79 Å². The second kappa shape index (κ2) is 8.03. The molecule has 4 nitrogen and oxygen atoms in total. The van der Waals surface area contributed by atoms with Gasteiger partial charge in [0.05, 0.1) is 0 Å². The average Bonchev–Trinajstić information content (AvgIpc) is 3.33. The summed E-state index contributed by atoms with van der Waals surface area (Å²) in [5.74, 6) is 1.42. The summed E-state index contributed by atoms with van der Waals surface area (Å²) in [7, 11) is 1.98. The van der Waals surface area contributed by atoms with Crippen LogP contribution in [0.25, 0.3) is 0 Å². The molecule has 1 unspecified atom stereocenters. The summed E-state index contributed by atoms with van der Waals surface area (Å²) in [6, 6.07) is 8.54. The number of carbonyl (C=O) groups excluding carboxylic acids is 1. The lowest BCUT2D eigenvalue weighted by Gasteiger charge is -2.10. The van der Waals surface area contributed by atoms with Crippen LogP contribution in [0.2, 0.25) is 0 Å². The van der Waals surface area contributed by atoms with Crippen molar-refractivity contribution in [1.82, 2.24) is 10.6 Å². The second-order valence-electron chi connectivity index (χ2n) is 5.91. The maximum atomic E-state index is 11.6. The highest BCUT2D eigenvalue weighted by Gasteiger charge is 2.21. The average molecular weight is 290 g/mol. The summed E-state index contributed by atoms with van der Waals surface area (Å²) in [5, 5.41) is 6.13. The first-order chi connectivity index (χ1) is 10.2. The van der Waals surface area contributed by atoms with Gasteiger partial charge >= 0.3 is 0 Å². The first kappa shape index (κ1) is 15.8. The lowest BCUT2D eigenvalue weighted by molar-refractivity contribution is -0.123. The summed E-state index contributed by atoms with van der Waals surface area (Å²) >= 11 is 0. The van der Waals surface area contributed by atoms with E-state index in [-0.39, 0.29) is 12.5 Å². The fourth-order valence-corrected chi connectivity index (χ4v) is 2.06. The summed E-state index contributed by atoms with van der Waals surface area (Å²) < 4.78 is 5.50. The maximum Gasteiger partial charge on any atom is 0.257 e. The first-order valence-corrected chi connectivity index (χ1v) is 7.83. The van der Waals surface area contributed by atoms with Crippen LogP contribution in [-0.2, 0) is 11.2 Å². The van der Waals surface area contributed by atoms with E-state index in [1.807, 2.05) is 19.2 Å². The van der Waals surface area contributed by atoms with E-state index in [2.05, 4.69) is 29.7 Å². The van der Waals surface area contributed by atoms with Gasteiger partial charge in [0.15, 0.2) is 6.61 Å². The molecule has 2 N–H and O–H groups in total. The van der Waals surface area contributed by atoms with E-state index in [0.717, 1.165) is 25.1 Å². The Bertz CT molecular complexity index is 441. The molecule has 0 aromatic heterocycles. The predicted molar refractivity (Wildman–Crippen MR) is 84.5 cm³/mol. The molecule has 21 heavy (non-hydrogen) atoms. The zero-order valence-corrected chi connectivity index (χ0v) is 13.0. The van der Waals surface area contributed by atoms with E-state index in [0.29, 0.717) is 12.0 Å². The Morgan fingerprint density at radius 2 is 2.05 bits per heavy atom. The van der Waals surface area contributed by atoms with Crippen molar-refractivity contribution in [3.63, 3.8) is 0 Å². The van der Waals surface area contributed by atoms with Crippen LogP contribution in [0.5, 0.6) is 5.75 Å². The molecular weight excluding hydrogens is 264 g/mol. The molecule has 0 heterocycles. The molecule has 1 aliphatic rings. The smallest absolute Gasteiger partial charge is 0.257 e. The molecule has 0 radical (unpaired) electrons. The molecule has 116 valence electrons. The van der Waals surface area contributed by atoms with Gasteiger partial charge in [-0.1, -0.05) is 12.1 Å². The minimum absolute atomic E-state index is 0.0335. The van der Waals surface area contributed by atoms with Gasteiger partial charge in [0.25, 0.3) is 5.91 Å². The number of hydrogen-bond acceptors (Lipinski definition) is 3. The molecule has 1 aromatic rings. The Kier molecular flexibility index (Phi) is 6.05. The number of ether oxygens (including phenoxy) is 1. The van der Waals surface area contributed by atoms with Crippen molar-refractivity contribution in [2.45, 2.75) is 38.6 Å². The van der Waals surface area contributed by atoms with Crippen LogP contribution in [0.3, 0.4) is 0 Å². The Morgan fingerprint density at radius 1 is 1.33 bits per heavy atom. The Balaban J connectivity index is 1.67. The van der Waals surface area contributed by atoms with Crippen LogP contribution >= 0.6 is 0 Å². The number of hydrogen-bond donors (Lipinski definition) is 2. The molecule has 1 atom stereocenters. The largest absolute Gasteiger partial charge is 0.484 e. The molecule has 0 bridgehead atoms. The Labute approximate surface area is 127 Å². The highest BCUT2D eigenvalue weighted by atomic mass is 16.5. The molecule has 1 aliphatic carbocycles. The third-order valence-electron chi connectivity index (χ3n) is 3.94. The monoisotopic (exact) mass is 290 g/mol. The minimum atomic E-state index is -0.0335. The predicted octanol–water partition coefficient (Wildman–Crippen LogP) is 2.13. The fraction of sp³-hybridized carbons (Fsp3) is 0.588.